The van der Waals surface area contributed by atoms with Crippen LogP contribution in [-0.2, 0) is 5.75 Å². The molecule has 3 heterocycles. The van der Waals surface area contributed by atoms with Crippen molar-refractivity contribution in [1.29, 1.82) is 0 Å². The van der Waals surface area contributed by atoms with Crippen LogP contribution >= 0.6 is 23.1 Å². The Labute approximate surface area is 154 Å². The zero-order valence-electron chi connectivity index (χ0n) is 14.2. The number of thioether (sulfide) groups is 1. The van der Waals surface area contributed by atoms with Crippen LogP contribution in [-0.4, -0.2) is 15.1 Å². The molecule has 0 aliphatic carbocycles. The fraction of sp³-hybridized carbons (Fsp3) is 0.211. The van der Waals surface area contributed by atoms with Crippen LogP contribution in [0.1, 0.15) is 22.8 Å². The molecule has 0 N–H and O–H groups in total. The Kier molecular flexibility index (Phi) is 4.31. The van der Waals surface area contributed by atoms with Crippen molar-refractivity contribution in [2.75, 3.05) is 0 Å². The zero-order chi connectivity index (χ0) is 17.4. The number of hydrogen-bond donors (Lipinski definition) is 0. The van der Waals surface area contributed by atoms with Gasteiger partial charge in [-0.25, -0.2) is 9.97 Å². The van der Waals surface area contributed by atoms with Crippen LogP contribution in [0.25, 0.3) is 20.7 Å². The normalized spacial score (nSPS) is 11.3. The lowest BCUT2D eigenvalue weighted by molar-refractivity contribution is 0.392. The van der Waals surface area contributed by atoms with Crippen molar-refractivity contribution in [2.24, 2.45) is 0 Å². The van der Waals surface area contributed by atoms with Gasteiger partial charge in [-0.15, -0.1) is 23.1 Å². The van der Waals surface area contributed by atoms with Crippen LogP contribution in [0.4, 0.5) is 0 Å². The molecule has 126 valence electrons. The van der Waals surface area contributed by atoms with Gasteiger partial charge in [0.15, 0.2) is 0 Å². The van der Waals surface area contributed by atoms with E-state index in [0.29, 0.717) is 0 Å². The Morgan fingerprint density at radius 3 is 2.60 bits per heavy atom. The molecule has 0 aliphatic rings. The molecular formula is C19H17N3OS2. The first kappa shape index (κ1) is 16.3. The third-order valence-corrected chi connectivity index (χ3v) is 6.16. The molecule has 0 atom stereocenters. The quantitative estimate of drug-likeness (QED) is 0.349. The number of rotatable bonds is 4. The summed E-state index contributed by atoms with van der Waals surface area (Å²) >= 11 is 3.43. The molecule has 0 aliphatic heterocycles. The molecule has 0 unspecified atom stereocenters. The maximum absolute atomic E-state index is 5.26. The molecule has 0 radical (unpaired) electrons. The van der Waals surface area contributed by atoms with E-state index in [4.69, 9.17) is 4.52 Å². The van der Waals surface area contributed by atoms with Gasteiger partial charge in [-0.1, -0.05) is 35.5 Å². The maximum atomic E-state index is 5.26. The second kappa shape index (κ2) is 6.61. The summed E-state index contributed by atoms with van der Waals surface area (Å²) in [6.45, 7) is 5.88. The number of thiophene rings is 1. The summed E-state index contributed by atoms with van der Waals surface area (Å²) in [4.78, 5) is 11.6. The predicted octanol–water partition coefficient (Wildman–Crippen LogP) is 5.56. The first-order chi connectivity index (χ1) is 12.1. The van der Waals surface area contributed by atoms with E-state index in [1.54, 1.807) is 23.1 Å². The SMILES string of the molecule is Cc1nc(SCc2c(C)noc2C)c2cc(-c3ccccc3)sc2n1. The van der Waals surface area contributed by atoms with Crippen LogP contribution < -0.4 is 0 Å². The Bertz CT molecular complexity index is 1020. The van der Waals surface area contributed by atoms with Gasteiger partial charge in [-0.2, -0.15) is 0 Å². The summed E-state index contributed by atoms with van der Waals surface area (Å²) < 4.78 is 5.26. The first-order valence-electron chi connectivity index (χ1n) is 8.00. The monoisotopic (exact) mass is 367 g/mol. The van der Waals surface area contributed by atoms with Crippen molar-refractivity contribution in [3.05, 3.63) is 59.2 Å². The van der Waals surface area contributed by atoms with Gasteiger partial charge in [0.25, 0.3) is 0 Å². The molecule has 0 saturated heterocycles. The topological polar surface area (TPSA) is 51.8 Å². The number of benzene rings is 1. The number of aryl methyl sites for hydroxylation is 3. The molecule has 0 bridgehead atoms. The Morgan fingerprint density at radius 1 is 1.08 bits per heavy atom. The summed E-state index contributed by atoms with van der Waals surface area (Å²) in [5.74, 6) is 2.47. The highest BCUT2D eigenvalue weighted by molar-refractivity contribution is 7.98. The molecule has 0 fully saturated rings. The lowest BCUT2D eigenvalue weighted by Gasteiger charge is -2.03. The molecule has 25 heavy (non-hydrogen) atoms. The highest BCUT2D eigenvalue weighted by Gasteiger charge is 2.15. The highest BCUT2D eigenvalue weighted by atomic mass is 32.2. The second-order valence-corrected chi connectivity index (χ2v) is 7.86. The van der Waals surface area contributed by atoms with Crippen molar-refractivity contribution in [3.63, 3.8) is 0 Å². The first-order valence-corrected chi connectivity index (χ1v) is 9.80. The fourth-order valence-corrected chi connectivity index (χ4v) is 5.05. The molecule has 4 nitrogen and oxygen atoms in total. The van der Waals surface area contributed by atoms with Crippen LogP contribution in [0.15, 0.2) is 45.9 Å². The van der Waals surface area contributed by atoms with E-state index in [2.05, 4.69) is 45.5 Å². The molecule has 0 spiro atoms. The lowest BCUT2D eigenvalue weighted by Crippen LogP contribution is -1.91. The second-order valence-electron chi connectivity index (χ2n) is 5.86. The third kappa shape index (κ3) is 3.19. The van der Waals surface area contributed by atoms with Gasteiger partial charge >= 0.3 is 0 Å². The number of nitrogens with zero attached hydrogens (tertiary/aromatic N) is 3. The van der Waals surface area contributed by atoms with Crippen molar-refractivity contribution >= 4 is 33.3 Å². The van der Waals surface area contributed by atoms with Crippen LogP contribution in [0.2, 0.25) is 0 Å². The van der Waals surface area contributed by atoms with E-state index < -0.39 is 0 Å². The average Bonchev–Trinajstić information content (AvgIpc) is 3.17. The van der Waals surface area contributed by atoms with Gasteiger partial charge in [0, 0.05) is 21.6 Å². The van der Waals surface area contributed by atoms with Gasteiger partial charge in [0.1, 0.15) is 21.4 Å². The van der Waals surface area contributed by atoms with Gasteiger partial charge in [-0.3, -0.25) is 0 Å². The highest BCUT2D eigenvalue weighted by Crippen LogP contribution is 2.37. The van der Waals surface area contributed by atoms with E-state index in [0.717, 1.165) is 43.8 Å². The minimum absolute atomic E-state index is 0.795. The summed E-state index contributed by atoms with van der Waals surface area (Å²) in [5.41, 5.74) is 3.31. The maximum Gasteiger partial charge on any atom is 0.137 e. The smallest absolute Gasteiger partial charge is 0.137 e. The van der Waals surface area contributed by atoms with E-state index in [1.165, 1.54) is 10.4 Å². The molecule has 6 heteroatoms. The Balaban J connectivity index is 1.72. The van der Waals surface area contributed by atoms with E-state index in [1.807, 2.05) is 26.8 Å². The average molecular weight is 367 g/mol. The number of fused-ring (bicyclic) bond motifs is 1. The minimum atomic E-state index is 0.795. The summed E-state index contributed by atoms with van der Waals surface area (Å²) in [6.07, 6.45) is 0. The van der Waals surface area contributed by atoms with Gasteiger partial charge in [0.2, 0.25) is 0 Å². The summed E-state index contributed by atoms with van der Waals surface area (Å²) in [7, 11) is 0. The van der Waals surface area contributed by atoms with E-state index >= 15 is 0 Å². The van der Waals surface area contributed by atoms with Crippen LogP contribution in [0.5, 0.6) is 0 Å². The molecule has 1 aromatic carbocycles. The predicted molar refractivity (Wildman–Crippen MR) is 103 cm³/mol. The molecule has 0 amide bonds. The summed E-state index contributed by atoms with van der Waals surface area (Å²) in [6, 6.07) is 12.6. The van der Waals surface area contributed by atoms with E-state index in [9.17, 15) is 0 Å². The minimum Gasteiger partial charge on any atom is -0.361 e. The van der Waals surface area contributed by atoms with E-state index in [-0.39, 0.29) is 0 Å². The number of aromatic nitrogens is 3. The standard InChI is InChI=1S/C19H17N3OS2/c1-11-16(12(2)23-22-11)10-24-18-15-9-17(14-7-5-4-6-8-14)25-19(15)21-13(3)20-18/h4-9H,10H2,1-3H3. The van der Waals surface area contributed by atoms with Gasteiger partial charge in [-0.05, 0) is 32.4 Å². The third-order valence-electron chi connectivity index (χ3n) is 4.06. The zero-order valence-corrected chi connectivity index (χ0v) is 15.9. The summed E-state index contributed by atoms with van der Waals surface area (Å²) in [5, 5.41) is 6.16. The van der Waals surface area contributed by atoms with Crippen LogP contribution in [0, 0.1) is 20.8 Å². The van der Waals surface area contributed by atoms with Gasteiger partial charge < -0.3 is 4.52 Å². The van der Waals surface area contributed by atoms with Crippen molar-refractivity contribution in [2.45, 2.75) is 31.6 Å². The van der Waals surface area contributed by atoms with Crippen molar-refractivity contribution < 1.29 is 4.52 Å². The van der Waals surface area contributed by atoms with Crippen LogP contribution in [0.3, 0.4) is 0 Å². The fourth-order valence-electron chi connectivity index (χ4n) is 2.70. The number of hydrogen-bond acceptors (Lipinski definition) is 6. The van der Waals surface area contributed by atoms with Crippen molar-refractivity contribution in [1.82, 2.24) is 15.1 Å². The van der Waals surface area contributed by atoms with Gasteiger partial charge in [0.05, 0.1) is 5.69 Å². The molecule has 3 aromatic heterocycles. The Hall–Kier alpha value is -2.18. The largest absolute Gasteiger partial charge is 0.361 e. The van der Waals surface area contributed by atoms with Crippen molar-refractivity contribution in [3.8, 4) is 10.4 Å². The molecule has 0 saturated carbocycles. The molecule has 4 rings (SSSR count). The molecular weight excluding hydrogens is 350 g/mol. The molecule has 4 aromatic rings. The Morgan fingerprint density at radius 2 is 1.88 bits per heavy atom. The lowest BCUT2D eigenvalue weighted by atomic mass is 10.2.